The summed E-state index contributed by atoms with van der Waals surface area (Å²) in [6.07, 6.45) is 4.48. The van der Waals surface area contributed by atoms with Crippen molar-refractivity contribution in [2.45, 2.75) is 53.1 Å². The molecular weight excluding hydrogens is 372 g/mol. The molecule has 1 aliphatic carbocycles. The van der Waals surface area contributed by atoms with Crippen molar-refractivity contribution in [3.05, 3.63) is 66.7 Å². The molecule has 0 unspecified atom stereocenters. The average molecular weight is 397 g/mol. The van der Waals surface area contributed by atoms with E-state index in [9.17, 15) is 9.59 Å². The van der Waals surface area contributed by atoms with Crippen molar-refractivity contribution >= 4 is 28.3 Å². The summed E-state index contributed by atoms with van der Waals surface area (Å²) < 4.78 is 11.0. The van der Waals surface area contributed by atoms with Gasteiger partial charge in [-0.2, -0.15) is 0 Å². The Kier molecular flexibility index (Phi) is 5.11. The molecular formula is C23H24O4S. The molecule has 0 fully saturated rings. The number of aryl methyl sites for hydroxylation is 3. The minimum atomic E-state index is -0.426. The molecule has 3 aromatic rings. The monoisotopic (exact) mass is 396 g/mol. The van der Waals surface area contributed by atoms with Gasteiger partial charge in [0.1, 0.15) is 17.1 Å². The molecule has 0 aliphatic heterocycles. The fraction of sp³-hybridized carbons (Fsp3) is 0.391. The largest absolute Gasteiger partial charge is 0.457 e. The maximum absolute atomic E-state index is 12.6. The van der Waals surface area contributed by atoms with Crippen LogP contribution in [0, 0.1) is 19.8 Å². The Hall–Kier alpha value is -2.40. The molecule has 5 heteroatoms. The van der Waals surface area contributed by atoms with Crippen molar-refractivity contribution < 1.29 is 13.9 Å². The first kappa shape index (κ1) is 18.9. The lowest BCUT2D eigenvalue weighted by molar-refractivity contribution is 0.0479. The molecule has 28 heavy (non-hydrogen) atoms. The third kappa shape index (κ3) is 3.51. The van der Waals surface area contributed by atoms with Crippen molar-refractivity contribution in [3.8, 4) is 0 Å². The summed E-state index contributed by atoms with van der Waals surface area (Å²) in [4.78, 5) is 26.6. The summed E-state index contributed by atoms with van der Waals surface area (Å²) in [6, 6.07) is 7.31. The number of carbonyl (C=O) groups excluding carboxylic acids is 1. The number of benzene rings is 1. The number of rotatable bonds is 4. The molecule has 0 saturated heterocycles. The fourth-order valence-electron chi connectivity index (χ4n) is 3.91. The van der Waals surface area contributed by atoms with Gasteiger partial charge in [0.25, 0.3) is 0 Å². The molecule has 0 radical (unpaired) electrons. The van der Waals surface area contributed by atoms with Gasteiger partial charge in [-0.25, -0.2) is 9.59 Å². The van der Waals surface area contributed by atoms with Crippen molar-refractivity contribution in [3.63, 3.8) is 0 Å². The van der Waals surface area contributed by atoms with Crippen LogP contribution in [0.3, 0.4) is 0 Å². The molecule has 0 saturated carbocycles. The van der Waals surface area contributed by atoms with Crippen LogP contribution in [0.1, 0.15) is 56.6 Å². The maximum Gasteiger partial charge on any atom is 0.348 e. The summed E-state index contributed by atoms with van der Waals surface area (Å²) in [5, 5.41) is 0.812. The zero-order chi connectivity index (χ0) is 19.8. The summed E-state index contributed by atoms with van der Waals surface area (Å²) in [7, 11) is 0. The molecule has 0 spiro atoms. The van der Waals surface area contributed by atoms with Crippen LogP contribution in [0.2, 0.25) is 0 Å². The van der Waals surface area contributed by atoms with Gasteiger partial charge in [-0.05, 0) is 61.8 Å². The topological polar surface area (TPSA) is 56.5 Å². The zero-order valence-electron chi connectivity index (χ0n) is 16.5. The number of esters is 1. The van der Waals surface area contributed by atoms with E-state index in [1.54, 1.807) is 11.3 Å². The van der Waals surface area contributed by atoms with E-state index < -0.39 is 5.63 Å². The van der Waals surface area contributed by atoms with Crippen LogP contribution >= 0.6 is 11.3 Å². The highest BCUT2D eigenvalue weighted by molar-refractivity contribution is 7.14. The lowest BCUT2D eigenvalue weighted by atomic mass is 9.87. The van der Waals surface area contributed by atoms with E-state index >= 15 is 0 Å². The van der Waals surface area contributed by atoms with E-state index in [4.69, 9.17) is 9.15 Å². The molecule has 1 aromatic carbocycles. The second-order valence-electron chi connectivity index (χ2n) is 7.63. The van der Waals surface area contributed by atoms with E-state index in [1.165, 1.54) is 29.3 Å². The number of fused-ring (bicyclic) bond motifs is 2. The van der Waals surface area contributed by atoms with Crippen LogP contribution in [0.4, 0.5) is 0 Å². The molecule has 1 atom stereocenters. The van der Waals surface area contributed by atoms with Crippen LogP contribution < -0.4 is 5.63 Å². The van der Waals surface area contributed by atoms with Gasteiger partial charge in [0, 0.05) is 21.9 Å². The van der Waals surface area contributed by atoms with Gasteiger partial charge in [0.2, 0.25) is 0 Å². The van der Waals surface area contributed by atoms with Gasteiger partial charge in [-0.1, -0.05) is 25.5 Å². The van der Waals surface area contributed by atoms with Crippen LogP contribution in [0.5, 0.6) is 0 Å². The highest BCUT2D eigenvalue weighted by atomic mass is 32.1. The molecule has 0 bridgehead atoms. The Morgan fingerprint density at radius 2 is 2.11 bits per heavy atom. The molecule has 0 amide bonds. The highest BCUT2D eigenvalue weighted by Crippen LogP contribution is 2.34. The molecule has 4 rings (SSSR count). The van der Waals surface area contributed by atoms with Crippen LogP contribution in [-0.4, -0.2) is 5.97 Å². The Bertz CT molecular complexity index is 1110. The first-order valence-electron chi connectivity index (χ1n) is 9.78. The van der Waals surface area contributed by atoms with E-state index in [0.717, 1.165) is 29.4 Å². The first-order chi connectivity index (χ1) is 13.5. The van der Waals surface area contributed by atoms with E-state index in [-0.39, 0.29) is 12.6 Å². The molecule has 0 N–H and O–H groups in total. The predicted octanol–water partition coefficient (Wildman–Crippen LogP) is 5.34. The van der Waals surface area contributed by atoms with Gasteiger partial charge in [0.15, 0.2) is 0 Å². The smallest absolute Gasteiger partial charge is 0.348 e. The predicted molar refractivity (Wildman–Crippen MR) is 111 cm³/mol. The number of carbonyl (C=O) groups is 1. The van der Waals surface area contributed by atoms with Crippen molar-refractivity contribution in [1.29, 1.82) is 0 Å². The second kappa shape index (κ2) is 7.55. The molecule has 4 nitrogen and oxygen atoms in total. The number of hydrogen-bond donors (Lipinski definition) is 0. The second-order valence-corrected chi connectivity index (χ2v) is 8.76. The quantitative estimate of drug-likeness (QED) is 0.441. The van der Waals surface area contributed by atoms with Gasteiger partial charge < -0.3 is 9.15 Å². The van der Waals surface area contributed by atoms with Crippen molar-refractivity contribution in [2.75, 3.05) is 0 Å². The van der Waals surface area contributed by atoms with Crippen LogP contribution in [0.25, 0.3) is 11.0 Å². The standard InChI is InChI=1S/C23H24O4S/c1-4-15-6-8-19-16(9-15)10-20(28-19)23(25)26-12-17-11-21(24)27-22-14(3)13(2)5-7-18(17)22/h5,7,10-11,15H,4,6,8-9,12H2,1-3H3/t15-/m0/s1. The fourth-order valence-corrected chi connectivity index (χ4v) is 5.01. The summed E-state index contributed by atoms with van der Waals surface area (Å²) >= 11 is 1.55. The molecule has 2 aromatic heterocycles. The summed E-state index contributed by atoms with van der Waals surface area (Å²) in [5.74, 6) is 0.394. The molecule has 2 heterocycles. The number of hydrogen-bond acceptors (Lipinski definition) is 5. The van der Waals surface area contributed by atoms with E-state index in [0.29, 0.717) is 21.9 Å². The van der Waals surface area contributed by atoms with Gasteiger partial charge in [-0.15, -0.1) is 11.3 Å². The van der Waals surface area contributed by atoms with E-state index in [1.807, 2.05) is 32.0 Å². The third-order valence-electron chi connectivity index (χ3n) is 5.84. The lowest BCUT2D eigenvalue weighted by Crippen LogP contribution is -2.10. The van der Waals surface area contributed by atoms with Gasteiger partial charge in [0.05, 0.1) is 0 Å². The SMILES string of the molecule is CC[C@H]1CCc2sc(C(=O)OCc3cc(=O)oc4c(C)c(C)ccc34)cc2C1. The Morgan fingerprint density at radius 3 is 2.89 bits per heavy atom. The van der Waals surface area contributed by atoms with Gasteiger partial charge in [-0.3, -0.25) is 0 Å². The third-order valence-corrected chi connectivity index (χ3v) is 7.06. The normalized spacial score (nSPS) is 16.2. The Morgan fingerprint density at radius 1 is 1.29 bits per heavy atom. The Labute approximate surface area is 168 Å². The van der Waals surface area contributed by atoms with Gasteiger partial charge >= 0.3 is 11.6 Å². The van der Waals surface area contributed by atoms with Crippen LogP contribution in [-0.2, 0) is 24.2 Å². The number of thiophene rings is 1. The highest BCUT2D eigenvalue weighted by Gasteiger charge is 2.23. The Balaban J connectivity index is 1.55. The van der Waals surface area contributed by atoms with Crippen molar-refractivity contribution in [2.24, 2.45) is 5.92 Å². The first-order valence-corrected chi connectivity index (χ1v) is 10.6. The molecule has 146 valence electrons. The molecule has 1 aliphatic rings. The van der Waals surface area contributed by atoms with Crippen LogP contribution in [0.15, 0.2) is 33.5 Å². The maximum atomic E-state index is 12.6. The summed E-state index contributed by atoms with van der Waals surface area (Å²) in [6.45, 7) is 6.18. The van der Waals surface area contributed by atoms with Crippen molar-refractivity contribution in [1.82, 2.24) is 0 Å². The average Bonchev–Trinajstić information content (AvgIpc) is 3.12. The lowest BCUT2D eigenvalue weighted by Gasteiger charge is -2.19. The minimum absolute atomic E-state index is 0.0591. The van der Waals surface area contributed by atoms with E-state index in [2.05, 4.69) is 6.92 Å². The zero-order valence-corrected chi connectivity index (χ0v) is 17.3. The minimum Gasteiger partial charge on any atom is -0.457 e. The number of ether oxygens (including phenoxy) is 1. The summed E-state index contributed by atoms with van der Waals surface area (Å²) in [5.41, 5.74) is 4.10.